The van der Waals surface area contributed by atoms with Gasteiger partial charge in [0, 0.05) is 19.0 Å². The smallest absolute Gasteiger partial charge is 0.147 e. The lowest BCUT2D eigenvalue weighted by Gasteiger charge is -2.19. The van der Waals surface area contributed by atoms with Gasteiger partial charge in [-0.1, -0.05) is 13.3 Å². The first-order valence-corrected chi connectivity index (χ1v) is 6.99. The van der Waals surface area contributed by atoms with Gasteiger partial charge in [0.25, 0.3) is 0 Å². The van der Waals surface area contributed by atoms with E-state index in [0.29, 0.717) is 6.04 Å². The maximum absolute atomic E-state index is 4.33. The third-order valence-corrected chi connectivity index (χ3v) is 4.32. The number of aromatic nitrogens is 3. The van der Waals surface area contributed by atoms with Crippen LogP contribution in [0.4, 0.5) is 0 Å². The highest BCUT2D eigenvalue weighted by Crippen LogP contribution is 2.25. The molecule has 0 saturated heterocycles. The lowest BCUT2D eigenvalue weighted by Crippen LogP contribution is -2.32. The van der Waals surface area contributed by atoms with Crippen molar-refractivity contribution in [2.24, 2.45) is 5.92 Å². The molecular formula is C13H22N4. The Hall–Kier alpha value is -0.900. The minimum atomic E-state index is 0.687. The Morgan fingerprint density at radius 3 is 3.00 bits per heavy atom. The molecule has 0 radical (unpaired) electrons. The second-order valence-corrected chi connectivity index (χ2v) is 5.54. The van der Waals surface area contributed by atoms with Gasteiger partial charge in [-0.25, -0.2) is 0 Å². The summed E-state index contributed by atoms with van der Waals surface area (Å²) in [5.74, 6) is 3.14. The minimum absolute atomic E-state index is 0.687. The molecule has 17 heavy (non-hydrogen) atoms. The van der Waals surface area contributed by atoms with E-state index in [0.717, 1.165) is 31.3 Å². The maximum Gasteiger partial charge on any atom is 0.147 e. The largest absolute Gasteiger partial charge is 0.314 e. The highest BCUT2D eigenvalue weighted by atomic mass is 15.3. The Morgan fingerprint density at radius 1 is 1.24 bits per heavy atom. The minimum Gasteiger partial charge on any atom is -0.314 e. The van der Waals surface area contributed by atoms with Crippen LogP contribution in [0, 0.1) is 5.92 Å². The molecule has 4 nitrogen and oxygen atoms in total. The Labute approximate surface area is 103 Å². The van der Waals surface area contributed by atoms with Gasteiger partial charge in [0.2, 0.25) is 0 Å². The molecule has 3 rings (SSSR count). The van der Waals surface area contributed by atoms with E-state index in [1.54, 1.807) is 0 Å². The standard InChI is InChI=1S/C13H22N4/c1-10-5-4-6-11(10)14-9-13-16-15-12-7-2-3-8-17(12)13/h10-11,14H,2-9H2,1H3. The number of fused-ring (bicyclic) bond motifs is 1. The van der Waals surface area contributed by atoms with Crippen LogP contribution in [0.2, 0.25) is 0 Å². The van der Waals surface area contributed by atoms with E-state index in [1.165, 1.54) is 37.9 Å². The summed E-state index contributed by atoms with van der Waals surface area (Å²) in [5, 5.41) is 12.3. The lowest BCUT2D eigenvalue weighted by atomic mass is 10.1. The van der Waals surface area contributed by atoms with Gasteiger partial charge in [-0.3, -0.25) is 0 Å². The van der Waals surface area contributed by atoms with Crippen LogP contribution >= 0.6 is 0 Å². The summed E-state index contributed by atoms with van der Waals surface area (Å²) in [5.41, 5.74) is 0. The van der Waals surface area contributed by atoms with Crippen molar-refractivity contribution in [3.8, 4) is 0 Å². The van der Waals surface area contributed by atoms with Crippen LogP contribution < -0.4 is 5.32 Å². The number of hydrogen-bond donors (Lipinski definition) is 1. The van der Waals surface area contributed by atoms with E-state index in [9.17, 15) is 0 Å². The molecule has 0 amide bonds. The topological polar surface area (TPSA) is 42.7 Å². The molecular weight excluding hydrogens is 212 g/mol. The predicted octanol–water partition coefficient (Wildman–Crippen LogP) is 1.89. The summed E-state index contributed by atoms with van der Waals surface area (Å²) in [6.45, 7) is 4.35. The summed E-state index contributed by atoms with van der Waals surface area (Å²) in [6.07, 6.45) is 7.71. The van der Waals surface area contributed by atoms with Gasteiger partial charge in [0.1, 0.15) is 11.6 Å². The van der Waals surface area contributed by atoms with Crippen LogP contribution in [0.5, 0.6) is 0 Å². The zero-order valence-electron chi connectivity index (χ0n) is 10.7. The highest BCUT2D eigenvalue weighted by Gasteiger charge is 2.23. The second kappa shape index (κ2) is 4.77. The molecule has 1 aromatic rings. The number of aryl methyl sites for hydroxylation is 1. The van der Waals surface area contributed by atoms with Crippen LogP contribution in [0.3, 0.4) is 0 Å². The van der Waals surface area contributed by atoms with E-state index in [2.05, 4.69) is 27.0 Å². The molecule has 94 valence electrons. The molecule has 0 bridgehead atoms. The van der Waals surface area contributed by atoms with Gasteiger partial charge < -0.3 is 9.88 Å². The van der Waals surface area contributed by atoms with Crippen molar-refractivity contribution >= 4 is 0 Å². The molecule has 1 aromatic heterocycles. The first-order chi connectivity index (χ1) is 8.34. The Morgan fingerprint density at radius 2 is 2.18 bits per heavy atom. The van der Waals surface area contributed by atoms with Crippen molar-refractivity contribution in [3.05, 3.63) is 11.6 Å². The van der Waals surface area contributed by atoms with Gasteiger partial charge in [0.15, 0.2) is 0 Å². The van der Waals surface area contributed by atoms with E-state index < -0.39 is 0 Å². The molecule has 0 aromatic carbocycles. The van der Waals surface area contributed by atoms with E-state index in [1.807, 2.05) is 0 Å². The average Bonchev–Trinajstić information content (AvgIpc) is 2.93. The lowest BCUT2D eigenvalue weighted by molar-refractivity contribution is 0.410. The Kier molecular flexibility index (Phi) is 3.14. The third-order valence-electron chi connectivity index (χ3n) is 4.32. The molecule has 0 spiro atoms. The maximum atomic E-state index is 4.33. The van der Waals surface area contributed by atoms with Crippen molar-refractivity contribution in [2.45, 2.75) is 64.6 Å². The zero-order chi connectivity index (χ0) is 11.7. The molecule has 1 fully saturated rings. The average molecular weight is 234 g/mol. The zero-order valence-corrected chi connectivity index (χ0v) is 10.7. The van der Waals surface area contributed by atoms with E-state index in [-0.39, 0.29) is 0 Å². The normalized spacial score (nSPS) is 28.3. The monoisotopic (exact) mass is 234 g/mol. The van der Waals surface area contributed by atoms with Crippen LogP contribution in [-0.2, 0) is 19.5 Å². The summed E-state index contributed by atoms with van der Waals surface area (Å²) in [7, 11) is 0. The highest BCUT2D eigenvalue weighted by molar-refractivity contribution is 4.99. The summed E-state index contributed by atoms with van der Waals surface area (Å²) in [6, 6.07) is 0.687. The number of hydrogen-bond acceptors (Lipinski definition) is 3. The fourth-order valence-corrected chi connectivity index (χ4v) is 3.17. The van der Waals surface area contributed by atoms with E-state index >= 15 is 0 Å². The second-order valence-electron chi connectivity index (χ2n) is 5.54. The summed E-state index contributed by atoms with van der Waals surface area (Å²) < 4.78 is 2.32. The third kappa shape index (κ3) is 2.23. The number of nitrogens with one attached hydrogen (secondary N) is 1. The van der Waals surface area contributed by atoms with E-state index in [4.69, 9.17) is 0 Å². The van der Waals surface area contributed by atoms with Gasteiger partial charge in [-0.05, 0) is 31.6 Å². The van der Waals surface area contributed by atoms with Gasteiger partial charge in [0.05, 0.1) is 6.54 Å². The molecule has 2 unspecified atom stereocenters. The van der Waals surface area contributed by atoms with Crippen molar-refractivity contribution in [3.63, 3.8) is 0 Å². The Bertz CT molecular complexity index is 385. The fourth-order valence-electron chi connectivity index (χ4n) is 3.17. The molecule has 2 aliphatic rings. The van der Waals surface area contributed by atoms with Crippen LogP contribution in [0.1, 0.15) is 50.7 Å². The van der Waals surface area contributed by atoms with Crippen molar-refractivity contribution in [2.75, 3.05) is 0 Å². The molecule has 1 N–H and O–H groups in total. The predicted molar refractivity (Wildman–Crippen MR) is 66.6 cm³/mol. The molecule has 1 aliphatic carbocycles. The quantitative estimate of drug-likeness (QED) is 0.868. The van der Waals surface area contributed by atoms with Crippen LogP contribution in [0.25, 0.3) is 0 Å². The fraction of sp³-hybridized carbons (Fsp3) is 0.846. The van der Waals surface area contributed by atoms with Crippen molar-refractivity contribution < 1.29 is 0 Å². The van der Waals surface area contributed by atoms with Gasteiger partial charge in [-0.2, -0.15) is 0 Å². The molecule has 4 heteroatoms. The molecule has 2 atom stereocenters. The Balaban J connectivity index is 1.63. The molecule has 1 saturated carbocycles. The van der Waals surface area contributed by atoms with Crippen LogP contribution in [-0.4, -0.2) is 20.8 Å². The number of rotatable bonds is 3. The summed E-state index contributed by atoms with van der Waals surface area (Å²) in [4.78, 5) is 0. The van der Waals surface area contributed by atoms with Crippen molar-refractivity contribution in [1.82, 2.24) is 20.1 Å². The van der Waals surface area contributed by atoms with Crippen LogP contribution in [0.15, 0.2) is 0 Å². The molecule has 1 aliphatic heterocycles. The first kappa shape index (κ1) is 11.2. The number of nitrogens with zero attached hydrogens (tertiary/aromatic N) is 3. The summed E-state index contributed by atoms with van der Waals surface area (Å²) >= 11 is 0. The first-order valence-electron chi connectivity index (χ1n) is 6.99. The van der Waals surface area contributed by atoms with Crippen molar-refractivity contribution in [1.29, 1.82) is 0 Å². The van der Waals surface area contributed by atoms with Gasteiger partial charge in [-0.15, -0.1) is 10.2 Å². The SMILES string of the molecule is CC1CCCC1NCc1nnc2n1CCCC2. The molecule has 2 heterocycles. The van der Waals surface area contributed by atoms with Gasteiger partial charge >= 0.3 is 0 Å².